The van der Waals surface area contributed by atoms with E-state index in [0.29, 0.717) is 0 Å². The van der Waals surface area contributed by atoms with Crippen LogP contribution in [0.1, 0.15) is 46.1 Å². The molecule has 0 radical (unpaired) electrons. The standard InChI is InChI=1S/C24H36N4O7/c1-13(2)19(23(33)28-20(14(3)4)24(34)35)27-22(32)17(12-15-8-6-5-7-9-15)26-21(31)16(25)10-11-18(29)30/h5-9,13-14,16-17,19-20H,10-12,25H2,1-4H3,(H,26,31)(H,27,32)(H,28,33)(H,29,30)(H,34,35). The third-order valence-electron chi connectivity index (χ3n) is 5.40. The van der Waals surface area contributed by atoms with Crippen molar-refractivity contribution in [3.63, 3.8) is 0 Å². The average molecular weight is 493 g/mol. The Morgan fingerprint density at radius 1 is 0.800 bits per heavy atom. The van der Waals surface area contributed by atoms with E-state index in [1.54, 1.807) is 58.0 Å². The first-order valence-corrected chi connectivity index (χ1v) is 11.5. The molecular formula is C24H36N4O7. The van der Waals surface area contributed by atoms with Crippen molar-refractivity contribution >= 4 is 29.7 Å². The molecular weight excluding hydrogens is 456 g/mol. The molecule has 0 aliphatic rings. The summed E-state index contributed by atoms with van der Waals surface area (Å²) in [6, 6.07) is 4.45. The highest BCUT2D eigenvalue weighted by molar-refractivity contribution is 5.94. The van der Waals surface area contributed by atoms with E-state index in [0.717, 1.165) is 5.56 Å². The Morgan fingerprint density at radius 2 is 1.34 bits per heavy atom. The van der Waals surface area contributed by atoms with Gasteiger partial charge in [0, 0.05) is 12.8 Å². The average Bonchev–Trinajstić information content (AvgIpc) is 2.78. The number of carbonyl (C=O) groups excluding carboxylic acids is 3. The Balaban J connectivity index is 3.06. The Hall–Kier alpha value is -3.47. The largest absolute Gasteiger partial charge is 0.481 e. The Labute approximate surface area is 204 Å². The highest BCUT2D eigenvalue weighted by Gasteiger charge is 2.32. The molecule has 4 unspecified atom stereocenters. The van der Waals surface area contributed by atoms with Crippen LogP contribution in [-0.4, -0.2) is 64.0 Å². The first-order valence-electron chi connectivity index (χ1n) is 11.5. The van der Waals surface area contributed by atoms with Gasteiger partial charge in [-0.3, -0.25) is 19.2 Å². The normalized spacial score (nSPS) is 14.5. The van der Waals surface area contributed by atoms with Crippen molar-refractivity contribution in [2.75, 3.05) is 0 Å². The molecule has 0 saturated carbocycles. The number of hydrogen-bond donors (Lipinski definition) is 6. The number of benzene rings is 1. The van der Waals surface area contributed by atoms with Gasteiger partial charge in [-0.05, 0) is 23.8 Å². The molecule has 0 saturated heterocycles. The van der Waals surface area contributed by atoms with Gasteiger partial charge in [-0.15, -0.1) is 0 Å². The topological polar surface area (TPSA) is 188 Å². The second-order valence-corrected chi connectivity index (χ2v) is 9.09. The number of nitrogens with one attached hydrogen (secondary N) is 3. The van der Waals surface area contributed by atoms with E-state index in [2.05, 4.69) is 16.0 Å². The van der Waals surface area contributed by atoms with E-state index < -0.39 is 53.8 Å². The Bertz CT molecular complexity index is 889. The minimum Gasteiger partial charge on any atom is -0.481 e. The predicted molar refractivity (Wildman–Crippen MR) is 128 cm³/mol. The van der Waals surface area contributed by atoms with E-state index in [9.17, 15) is 29.1 Å². The van der Waals surface area contributed by atoms with Gasteiger partial charge in [0.15, 0.2) is 0 Å². The molecule has 1 aromatic carbocycles. The molecule has 1 aromatic rings. The lowest BCUT2D eigenvalue weighted by Crippen LogP contribution is -2.59. The molecule has 4 atom stereocenters. The summed E-state index contributed by atoms with van der Waals surface area (Å²) in [5.41, 5.74) is 6.53. The summed E-state index contributed by atoms with van der Waals surface area (Å²) in [5, 5.41) is 25.8. The van der Waals surface area contributed by atoms with Gasteiger partial charge >= 0.3 is 11.9 Å². The maximum Gasteiger partial charge on any atom is 0.326 e. The summed E-state index contributed by atoms with van der Waals surface area (Å²) >= 11 is 0. The third-order valence-corrected chi connectivity index (χ3v) is 5.40. The van der Waals surface area contributed by atoms with Gasteiger partial charge in [0.2, 0.25) is 17.7 Å². The fourth-order valence-corrected chi connectivity index (χ4v) is 3.29. The van der Waals surface area contributed by atoms with Crippen LogP contribution in [0.25, 0.3) is 0 Å². The zero-order valence-corrected chi connectivity index (χ0v) is 20.5. The van der Waals surface area contributed by atoms with Gasteiger partial charge in [0.05, 0.1) is 6.04 Å². The summed E-state index contributed by atoms with van der Waals surface area (Å²) in [7, 11) is 0. The lowest BCUT2D eigenvalue weighted by Gasteiger charge is -2.28. The molecule has 1 rings (SSSR count). The maximum atomic E-state index is 13.2. The second-order valence-electron chi connectivity index (χ2n) is 9.09. The number of carboxylic acids is 2. The van der Waals surface area contributed by atoms with Crippen LogP contribution in [0, 0.1) is 11.8 Å². The molecule has 0 aromatic heterocycles. The minimum absolute atomic E-state index is 0.0975. The van der Waals surface area contributed by atoms with Crippen LogP contribution in [0.3, 0.4) is 0 Å². The fourth-order valence-electron chi connectivity index (χ4n) is 3.29. The minimum atomic E-state index is -1.19. The van der Waals surface area contributed by atoms with Crippen molar-refractivity contribution in [2.24, 2.45) is 17.6 Å². The van der Waals surface area contributed by atoms with Crippen LogP contribution in [-0.2, 0) is 30.4 Å². The van der Waals surface area contributed by atoms with Gasteiger partial charge in [-0.1, -0.05) is 58.0 Å². The second kappa shape index (κ2) is 14.1. The number of carboxylic acid groups (broad SMARTS) is 2. The molecule has 0 aliphatic carbocycles. The van der Waals surface area contributed by atoms with Crippen molar-refractivity contribution in [3.8, 4) is 0 Å². The van der Waals surface area contributed by atoms with Crippen molar-refractivity contribution in [1.82, 2.24) is 16.0 Å². The lowest BCUT2D eigenvalue weighted by molar-refractivity contribution is -0.144. The van der Waals surface area contributed by atoms with Gasteiger partial charge < -0.3 is 31.9 Å². The van der Waals surface area contributed by atoms with E-state index in [1.165, 1.54) is 0 Å². The molecule has 11 nitrogen and oxygen atoms in total. The van der Waals surface area contributed by atoms with Gasteiger partial charge in [0.25, 0.3) is 0 Å². The molecule has 0 fully saturated rings. The van der Waals surface area contributed by atoms with Crippen molar-refractivity contribution < 1.29 is 34.2 Å². The molecule has 11 heteroatoms. The number of hydrogen-bond acceptors (Lipinski definition) is 6. The zero-order valence-electron chi connectivity index (χ0n) is 20.5. The van der Waals surface area contributed by atoms with Crippen molar-refractivity contribution in [1.29, 1.82) is 0 Å². The van der Waals surface area contributed by atoms with Crippen molar-refractivity contribution in [2.45, 2.75) is 71.1 Å². The smallest absolute Gasteiger partial charge is 0.326 e. The van der Waals surface area contributed by atoms with Gasteiger partial charge in [-0.25, -0.2) is 4.79 Å². The molecule has 3 amide bonds. The molecule has 0 heterocycles. The number of amides is 3. The maximum absolute atomic E-state index is 13.2. The summed E-state index contributed by atoms with van der Waals surface area (Å²) in [4.78, 5) is 60.9. The highest BCUT2D eigenvalue weighted by atomic mass is 16.4. The summed E-state index contributed by atoms with van der Waals surface area (Å²) < 4.78 is 0. The van der Waals surface area contributed by atoms with Gasteiger partial charge in [-0.2, -0.15) is 0 Å². The third kappa shape index (κ3) is 10.1. The fraction of sp³-hybridized carbons (Fsp3) is 0.542. The molecule has 7 N–H and O–H groups in total. The Kier molecular flexibility index (Phi) is 11.9. The van der Waals surface area contributed by atoms with Crippen LogP contribution in [0.5, 0.6) is 0 Å². The first-order chi connectivity index (χ1) is 16.3. The zero-order chi connectivity index (χ0) is 26.7. The monoisotopic (exact) mass is 492 g/mol. The number of aliphatic carboxylic acids is 2. The quantitative estimate of drug-likeness (QED) is 0.213. The number of nitrogens with two attached hydrogens (primary N) is 1. The lowest BCUT2D eigenvalue weighted by atomic mass is 9.99. The van der Waals surface area contributed by atoms with Crippen LogP contribution < -0.4 is 21.7 Å². The molecule has 0 bridgehead atoms. The predicted octanol–water partition coefficient (Wildman–Crippen LogP) is 0.272. The van der Waals surface area contributed by atoms with Crippen LogP contribution >= 0.6 is 0 Å². The molecule has 0 aliphatic heterocycles. The van der Waals surface area contributed by atoms with Crippen LogP contribution in [0.2, 0.25) is 0 Å². The molecule has 194 valence electrons. The van der Waals surface area contributed by atoms with E-state index in [1.807, 2.05) is 0 Å². The number of rotatable bonds is 14. The first kappa shape index (κ1) is 29.6. The van der Waals surface area contributed by atoms with E-state index in [-0.39, 0.29) is 31.1 Å². The highest BCUT2D eigenvalue weighted by Crippen LogP contribution is 2.09. The summed E-state index contributed by atoms with van der Waals surface area (Å²) in [6.45, 7) is 6.70. The van der Waals surface area contributed by atoms with E-state index >= 15 is 0 Å². The van der Waals surface area contributed by atoms with Crippen LogP contribution in [0.15, 0.2) is 30.3 Å². The van der Waals surface area contributed by atoms with E-state index in [4.69, 9.17) is 10.8 Å². The summed E-state index contributed by atoms with van der Waals surface area (Å²) in [6.07, 6.45) is -0.315. The molecule has 0 spiro atoms. The van der Waals surface area contributed by atoms with Gasteiger partial charge in [0.1, 0.15) is 18.1 Å². The number of carbonyl (C=O) groups is 5. The van der Waals surface area contributed by atoms with Crippen molar-refractivity contribution in [3.05, 3.63) is 35.9 Å². The molecule has 35 heavy (non-hydrogen) atoms. The SMILES string of the molecule is CC(C)C(NC(=O)C(NC(=O)C(Cc1ccccc1)NC(=O)C(N)CCC(=O)O)C(C)C)C(=O)O. The van der Waals surface area contributed by atoms with Crippen LogP contribution in [0.4, 0.5) is 0 Å². The summed E-state index contributed by atoms with van der Waals surface area (Å²) in [5.74, 6) is -5.05. The Morgan fingerprint density at radius 3 is 1.83 bits per heavy atom.